The molecule has 1 aromatic carbocycles. The number of carbonyl (C=O) groups is 2. The summed E-state index contributed by atoms with van der Waals surface area (Å²) in [6, 6.07) is 4.82. The first-order valence-corrected chi connectivity index (χ1v) is 5.73. The molecule has 0 unspecified atom stereocenters. The highest BCUT2D eigenvalue weighted by Gasteiger charge is 2.06. The van der Waals surface area contributed by atoms with Crippen LogP contribution >= 0.6 is 0 Å². The Bertz CT molecular complexity index is 488. The maximum Gasteiger partial charge on any atom is 0.333 e. The number of nitro benzene ring substituents is 1. The average molecular weight is 282 g/mol. The highest BCUT2D eigenvalue weighted by molar-refractivity contribution is 5.81. The van der Waals surface area contributed by atoms with Gasteiger partial charge >= 0.3 is 12.0 Å². The van der Waals surface area contributed by atoms with Gasteiger partial charge in [-0.2, -0.15) is 0 Å². The second kappa shape index (κ2) is 7.56. The number of amides is 2. The number of nitrogens with zero attached hydrogens (tertiary/aromatic N) is 1. The van der Waals surface area contributed by atoms with E-state index in [4.69, 9.17) is 0 Å². The first kappa shape index (κ1) is 15.2. The minimum absolute atomic E-state index is 0.0534. The quantitative estimate of drug-likeness (QED) is 0.402. The molecule has 20 heavy (non-hydrogen) atoms. The third-order valence-electron chi connectivity index (χ3n) is 2.10. The highest BCUT2D eigenvalue weighted by Crippen LogP contribution is 2.14. The monoisotopic (exact) mass is 282 g/mol. The minimum atomic E-state index is -0.628. The molecule has 0 bridgehead atoms. The number of hydrogen-bond donors (Lipinski definition) is 3. The van der Waals surface area contributed by atoms with Crippen molar-refractivity contribution >= 4 is 23.4 Å². The number of non-ortho nitro benzene ring substituents is 1. The first-order chi connectivity index (χ1) is 9.52. The van der Waals surface area contributed by atoms with Gasteiger partial charge in [-0.1, -0.05) is 0 Å². The average Bonchev–Trinajstić information content (AvgIpc) is 2.43. The van der Waals surface area contributed by atoms with E-state index in [0.717, 1.165) is 0 Å². The van der Waals surface area contributed by atoms with Gasteiger partial charge in [0.1, 0.15) is 6.54 Å². The van der Waals surface area contributed by atoms with Gasteiger partial charge in [-0.15, -0.1) is 0 Å². The van der Waals surface area contributed by atoms with Gasteiger partial charge in [0.05, 0.1) is 17.2 Å². The Morgan fingerprint density at radius 2 is 1.95 bits per heavy atom. The van der Waals surface area contributed by atoms with Gasteiger partial charge in [0, 0.05) is 12.1 Å². The summed E-state index contributed by atoms with van der Waals surface area (Å²) in [6.07, 6.45) is 0. The molecule has 0 radical (unpaired) electrons. The lowest BCUT2D eigenvalue weighted by atomic mass is 10.3. The van der Waals surface area contributed by atoms with E-state index in [2.05, 4.69) is 20.9 Å². The van der Waals surface area contributed by atoms with Crippen molar-refractivity contribution in [2.45, 2.75) is 6.92 Å². The fraction of sp³-hybridized carbons (Fsp3) is 0.273. The predicted molar refractivity (Wildman–Crippen MR) is 69.9 cm³/mol. The van der Waals surface area contributed by atoms with Crippen LogP contribution in [0.25, 0.3) is 0 Å². The molecule has 1 aromatic rings. The molecule has 2 amide bonds. The van der Waals surface area contributed by atoms with Gasteiger partial charge in [-0.3, -0.25) is 25.8 Å². The number of hydrazine groups is 1. The molecule has 1 rings (SSSR count). The normalized spacial score (nSPS) is 9.45. The Hall–Kier alpha value is -2.84. The van der Waals surface area contributed by atoms with Crippen LogP contribution in [0.5, 0.6) is 0 Å². The van der Waals surface area contributed by atoms with Crippen LogP contribution in [0, 0.1) is 10.1 Å². The third kappa shape index (κ3) is 5.21. The van der Waals surface area contributed by atoms with Crippen LogP contribution in [-0.2, 0) is 9.53 Å². The Morgan fingerprint density at radius 3 is 2.50 bits per heavy atom. The molecule has 0 aliphatic heterocycles. The molecule has 0 spiro atoms. The van der Waals surface area contributed by atoms with E-state index in [1.54, 1.807) is 6.92 Å². The number of rotatable bonds is 6. The summed E-state index contributed by atoms with van der Waals surface area (Å²) in [5.41, 5.74) is 5.20. The van der Waals surface area contributed by atoms with E-state index in [0.29, 0.717) is 5.69 Å². The number of nitrogens with one attached hydrogen (secondary N) is 3. The SMILES string of the molecule is CCOC(=O)CNC(=O)NNc1ccc([N+](=O)[O-])cc1. The van der Waals surface area contributed by atoms with Crippen molar-refractivity contribution in [2.24, 2.45) is 0 Å². The van der Waals surface area contributed by atoms with Crippen molar-refractivity contribution in [1.29, 1.82) is 0 Å². The maximum absolute atomic E-state index is 11.3. The Kier molecular flexibility index (Phi) is 5.75. The van der Waals surface area contributed by atoms with Crippen molar-refractivity contribution in [3.05, 3.63) is 34.4 Å². The molecular weight excluding hydrogens is 268 g/mol. The van der Waals surface area contributed by atoms with E-state index in [1.807, 2.05) is 0 Å². The van der Waals surface area contributed by atoms with Crippen molar-refractivity contribution in [1.82, 2.24) is 10.7 Å². The molecule has 0 aliphatic rings. The van der Waals surface area contributed by atoms with Gasteiger partial charge in [0.2, 0.25) is 0 Å². The molecule has 0 saturated heterocycles. The summed E-state index contributed by atoms with van der Waals surface area (Å²) in [6.45, 7) is 1.65. The van der Waals surface area contributed by atoms with Gasteiger partial charge in [-0.05, 0) is 19.1 Å². The number of ether oxygens (including phenoxy) is 1. The fourth-order valence-electron chi connectivity index (χ4n) is 1.20. The second-order valence-corrected chi connectivity index (χ2v) is 3.54. The number of nitro groups is 1. The summed E-state index contributed by atoms with van der Waals surface area (Å²) in [5.74, 6) is -0.544. The van der Waals surface area contributed by atoms with Crippen LogP contribution in [0.2, 0.25) is 0 Å². The number of benzene rings is 1. The van der Waals surface area contributed by atoms with E-state index in [1.165, 1.54) is 24.3 Å². The number of hydrogen-bond acceptors (Lipinski definition) is 6. The number of esters is 1. The molecule has 9 heteroatoms. The van der Waals surface area contributed by atoms with E-state index < -0.39 is 16.9 Å². The third-order valence-corrected chi connectivity index (χ3v) is 2.10. The summed E-state index contributed by atoms with van der Waals surface area (Å²) in [5, 5.41) is 12.7. The topological polar surface area (TPSA) is 123 Å². The Labute approximate surface area is 114 Å². The van der Waals surface area contributed by atoms with Crippen molar-refractivity contribution in [2.75, 3.05) is 18.6 Å². The number of carbonyl (C=O) groups excluding carboxylic acids is 2. The molecule has 3 N–H and O–H groups in total. The standard InChI is InChI=1S/C11H14N4O5/c1-2-20-10(16)7-12-11(17)14-13-8-3-5-9(6-4-8)15(18)19/h3-6,13H,2,7H2,1H3,(H2,12,14,17). The van der Waals surface area contributed by atoms with Crippen LogP contribution in [0.3, 0.4) is 0 Å². The van der Waals surface area contributed by atoms with Gasteiger partial charge < -0.3 is 10.1 Å². The van der Waals surface area contributed by atoms with E-state index in [-0.39, 0.29) is 18.8 Å². The maximum atomic E-state index is 11.3. The van der Waals surface area contributed by atoms with E-state index >= 15 is 0 Å². The van der Waals surface area contributed by atoms with Crippen LogP contribution in [-0.4, -0.2) is 30.1 Å². The van der Waals surface area contributed by atoms with Crippen LogP contribution < -0.4 is 16.2 Å². The van der Waals surface area contributed by atoms with Crippen molar-refractivity contribution in [3.8, 4) is 0 Å². The van der Waals surface area contributed by atoms with Gasteiger partial charge in [-0.25, -0.2) is 4.79 Å². The zero-order valence-electron chi connectivity index (χ0n) is 10.7. The summed E-state index contributed by atoms with van der Waals surface area (Å²) in [4.78, 5) is 32.2. The highest BCUT2D eigenvalue weighted by atomic mass is 16.6. The Balaban J connectivity index is 2.33. The molecule has 0 aliphatic carbocycles. The molecule has 0 saturated carbocycles. The smallest absolute Gasteiger partial charge is 0.333 e. The molecule has 0 heterocycles. The van der Waals surface area contributed by atoms with Crippen LogP contribution in [0.1, 0.15) is 6.92 Å². The molecule has 0 fully saturated rings. The minimum Gasteiger partial charge on any atom is -0.465 e. The van der Waals surface area contributed by atoms with E-state index in [9.17, 15) is 19.7 Å². The summed E-state index contributed by atoms with van der Waals surface area (Å²) in [7, 11) is 0. The fourth-order valence-corrected chi connectivity index (χ4v) is 1.20. The summed E-state index contributed by atoms with van der Waals surface area (Å²) >= 11 is 0. The molecular formula is C11H14N4O5. The summed E-state index contributed by atoms with van der Waals surface area (Å²) < 4.78 is 4.62. The largest absolute Gasteiger partial charge is 0.465 e. The van der Waals surface area contributed by atoms with Crippen molar-refractivity contribution in [3.63, 3.8) is 0 Å². The lowest BCUT2D eigenvalue weighted by molar-refractivity contribution is -0.384. The van der Waals surface area contributed by atoms with Crippen LogP contribution in [0.4, 0.5) is 16.2 Å². The van der Waals surface area contributed by atoms with Crippen molar-refractivity contribution < 1.29 is 19.2 Å². The number of anilines is 1. The molecule has 0 atom stereocenters. The first-order valence-electron chi connectivity index (χ1n) is 5.73. The molecule has 9 nitrogen and oxygen atoms in total. The van der Waals surface area contributed by atoms with Crippen LogP contribution in [0.15, 0.2) is 24.3 Å². The molecule has 108 valence electrons. The zero-order chi connectivity index (χ0) is 15.0. The van der Waals surface area contributed by atoms with Gasteiger partial charge in [0.25, 0.3) is 5.69 Å². The van der Waals surface area contributed by atoms with Gasteiger partial charge in [0.15, 0.2) is 0 Å². The predicted octanol–water partition coefficient (Wildman–Crippen LogP) is 0.784. The Morgan fingerprint density at radius 1 is 1.30 bits per heavy atom. The lowest BCUT2D eigenvalue weighted by Gasteiger charge is -2.09. The second-order valence-electron chi connectivity index (χ2n) is 3.54. The lowest BCUT2D eigenvalue weighted by Crippen LogP contribution is -2.41. The number of urea groups is 1. The zero-order valence-corrected chi connectivity index (χ0v) is 10.7. The molecule has 0 aromatic heterocycles.